The lowest BCUT2D eigenvalue weighted by molar-refractivity contribution is -0.145. The number of carbonyl (C=O) groups is 1. The molecule has 0 atom stereocenters. The van der Waals surface area contributed by atoms with E-state index in [1.54, 1.807) is 13.8 Å². The summed E-state index contributed by atoms with van der Waals surface area (Å²) in [4.78, 5) is 11.5. The second kappa shape index (κ2) is 13.3. The van der Waals surface area contributed by atoms with Crippen LogP contribution in [0.4, 0.5) is 0 Å². The van der Waals surface area contributed by atoms with Gasteiger partial charge in [-0.1, -0.05) is 60.9 Å². The van der Waals surface area contributed by atoms with E-state index < -0.39 is 11.9 Å². The Bertz CT molecular complexity index is 374. The van der Waals surface area contributed by atoms with Crippen molar-refractivity contribution in [1.82, 2.24) is 0 Å². The van der Waals surface area contributed by atoms with Gasteiger partial charge in [0.2, 0.25) is 0 Å². The van der Waals surface area contributed by atoms with Gasteiger partial charge in [-0.25, -0.2) is 0 Å². The van der Waals surface area contributed by atoms with Gasteiger partial charge in [0.25, 0.3) is 0 Å². The van der Waals surface area contributed by atoms with Crippen LogP contribution in [0.5, 0.6) is 0 Å². The molecule has 0 N–H and O–H groups in total. The molecule has 0 fully saturated rings. The Hall–Kier alpha value is 0.1000. The molecular weight excluding hydrogens is 395 g/mol. The van der Waals surface area contributed by atoms with Crippen LogP contribution in [-0.4, -0.2) is 37.3 Å². The molecule has 7 heteroatoms. The lowest BCUT2D eigenvalue weighted by Gasteiger charge is -2.14. The Balaban J connectivity index is 3.35. The van der Waals surface area contributed by atoms with Crippen molar-refractivity contribution in [2.24, 2.45) is 0 Å². The molecule has 0 aliphatic heterocycles. The molecule has 0 unspecified atom stereocenters. The smallest absolute Gasteiger partial charge is 0.330 e. The number of alkyl halides is 1. The number of unbranched alkanes of at least 4 members (excludes halogenated alkanes) is 8. The van der Waals surface area contributed by atoms with Gasteiger partial charge in [0.1, 0.15) is 4.32 Å². The first-order valence-corrected chi connectivity index (χ1v) is 11.3. The summed E-state index contributed by atoms with van der Waals surface area (Å²) in [6, 6.07) is 0. The summed E-state index contributed by atoms with van der Waals surface area (Å²) >= 11 is 3.29. The number of carbonyl (C=O) groups excluding carboxylic acids is 1. The molecule has 24 heavy (non-hydrogen) atoms. The fourth-order valence-electron chi connectivity index (χ4n) is 2.24. The van der Waals surface area contributed by atoms with E-state index >= 15 is 0 Å². The van der Waals surface area contributed by atoms with Gasteiger partial charge in [0.05, 0.1) is 12.8 Å². The summed E-state index contributed by atoms with van der Waals surface area (Å²) in [7, 11) is 0.0582. The van der Waals surface area contributed by atoms with Crippen LogP contribution in [0.1, 0.15) is 71.6 Å². The van der Waals surface area contributed by atoms with Crippen LogP contribution >= 0.6 is 23.5 Å². The number of halogens is 1. The molecule has 0 rings (SSSR count). The van der Waals surface area contributed by atoms with Gasteiger partial charge in [0.15, 0.2) is 0 Å². The van der Waals surface area contributed by atoms with E-state index in [4.69, 9.17) is 13.8 Å². The maximum atomic E-state index is 11.8. The van der Waals surface area contributed by atoms with Crippen LogP contribution in [0.3, 0.4) is 0 Å². The third-order valence-electron chi connectivity index (χ3n) is 3.85. The minimum absolute atomic E-state index is 0.200. The van der Waals surface area contributed by atoms with Gasteiger partial charge in [-0.15, -0.1) is 0 Å². The van der Waals surface area contributed by atoms with Crippen LogP contribution in [0.15, 0.2) is 0 Å². The van der Waals surface area contributed by atoms with Gasteiger partial charge >= 0.3 is 13.6 Å². The number of rotatable bonds is 15. The first-order chi connectivity index (χ1) is 11.2. The molecule has 0 aromatic carbocycles. The predicted molar refractivity (Wildman–Crippen MR) is 102 cm³/mol. The van der Waals surface area contributed by atoms with Crippen LogP contribution in [0, 0.1) is 0 Å². The maximum Gasteiger partial charge on any atom is 0.330 e. The Morgan fingerprint density at radius 2 is 1.29 bits per heavy atom. The fraction of sp³-hybridized carbons (Fsp3) is 0.941. The summed E-state index contributed by atoms with van der Waals surface area (Å²) in [5.41, 5.74) is 0. The number of esters is 1. The van der Waals surface area contributed by atoms with Crippen molar-refractivity contribution in [3.63, 3.8) is 0 Å². The van der Waals surface area contributed by atoms with Crippen molar-refractivity contribution in [3.8, 4) is 0 Å². The van der Waals surface area contributed by atoms with Crippen LogP contribution in [0.25, 0.3) is 0 Å². The monoisotopic (exact) mass is 428 g/mol. The average Bonchev–Trinajstić information content (AvgIpc) is 2.54. The molecule has 0 aliphatic carbocycles. The third-order valence-corrected chi connectivity index (χ3v) is 6.15. The normalized spacial score (nSPS) is 12.4. The molecule has 0 aliphatic rings. The zero-order chi connectivity index (χ0) is 18.5. The maximum absolute atomic E-state index is 11.8. The zero-order valence-electron chi connectivity index (χ0n) is 15.6. The highest BCUT2D eigenvalue weighted by molar-refractivity contribution is 9.10. The summed E-state index contributed by atoms with van der Waals surface area (Å²) in [6.07, 6.45) is 10.5. The number of hydrogen-bond donors (Lipinski definition) is 0. The second-order valence-electron chi connectivity index (χ2n) is 6.49. The van der Waals surface area contributed by atoms with Gasteiger partial charge in [-0.2, -0.15) is 0 Å². The van der Waals surface area contributed by atoms with Crippen LogP contribution in [-0.2, 0) is 23.1 Å². The Labute approximate surface area is 155 Å². The van der Waals surface area contributed by atoms with E-state index in [0.29, 0.717) is 12.8 Å². The van der Waals surface area contributed by atoms with E-state index in [2.05, 4.69) is 15.9 Å². The Kier molecular flexibility index (Phi) is 13.4. The van der Waals surface area contributed by atoms with Crippen molar-refractivity contribution in [2.75, 3.05) is 27.0 Å². The van der Waals surface area contributed by atoms with E-state index in [9.17, 15) is 9.36 Å². The molecule has 0 spiro atoms. The second-order valence-corrected chi connectivity index (χ2v) is 10.9. The SMILES string of the molecule is COP(=O)(CCCCCCCCCCCOC(=O)C(C)(C)Br)OC. The lowest BCUT2D eigenvalue weighted by Crippen LogP contribution is -2.26. The zero-order valence-corrected chi connectivity index (χ0v) is 18.1. The highest BCUT2D eigenvalue weighted by atomic mass is 79.9. The predicted octanol–water partition coefficient (Wildman–Crippen LogP) is 5.70. The van der Waals surface area contributed by atoms with Gasteiger partial charge in [-0.3, -0.25) is 9.36 Å². The van der Waals surface area contributed by atoms with Gasteiger partial charge in [-0.05, 0) is 26.7 Å². The summed E-state index contributed by atoms with van der Waals surface area (Å²) in [5, 5.41) is 0. The van der Waals surface area contributed by atoms with Crippen molar-refractivity contribution in [2.45, 2.75) is 76.0 Å². The highest BCUT2D eigenvalue weighted by Crippen LogP contribution is 2.47. The minimum Gasteiger partial charge on any atom is -0.465 e. The molecule has 0 aromatic heterocycles. The first kappa shape index (κ1) is 24.1. The molecule has 0 aromatic rings. The molecule has 144 valence electrons. The number of ether oxygens (including phenoxy) is 1. The molecule has 0 radical (unpaired) electrons. The fourth-order valence-corrected chi connectivity index (χ4v) is 3.48. The Morgan fingerprint density at radius 3 is 1.71 bits per heavy atom. The molecule has 0 amide bonds. The van der Waals surface area contributed by atoms with E-state index in [0.717, 1.165) is 32.1 Å². The molecule has 5 nitrogen and oxygen atoms in total. The molecule has 0 bridgehead atoms. The standard InChI is InChI=1S/C17H34BrO5P/c1-17(2,18)16(19)23-14-12-10-8-6-5-7-9-11-13-15-24(20,21-3)22-4/h5-15H2,1-4H3. The van der Waals surface area contributed by atoms with Gasteiger partial charge in [0, 0.05) is 14.2 Å². The number of hydrogen-bond acceptors (Lipinski definition) is 5. The van der Waals surface area contributed by atoms with Crippen LogP contribution in [0.2, 0.25) is 0 Å². The third kappa shape index (κ3) is 12.5. The summed E-state index contributed by atoms with van der Waals surface area (Å²) < 4.78 is 26.3. The van der Waals surface area contributed by atoms with Crippen molar-refractivity contribution >= 4 is 29.5 Å². The topological polar surface area (TPSA) is 61.8 Å². The first-order valence-electron chi connectivity index (χ1n) is 8.82. The molecule has 0 saturated heterocycles. The lowest BCUT2D eigenvalue weighted by atomic mass is 10.1. The highest BCUT2D eigenvalue weighted by Gasteiger charge is 2.25. The minimum atomic E-state index is -2.81. The quantitative estimate of drug-likeness (QED) is 0.145. The summed E-state index contributed by atoms with van der Waals surface area (Å²) in [6.45, 7) is 4.09. The Morgan fingerprint density at radius 1 is 0.875 bits per heavy atom. The van der Waals surface area contributed by atoms with Crippen LogP contribution < -0.4 is 0 Å². The molecular formula is C17H34BrO5P. The van der Waals surface area contributed by atoms with Crippen molar-refractivity contribution < 1.29 is 23.1 Å². The van der Waals surface area contributed by atoms with Gasteiger partial charge < -0.3 is 13.8 Å². The van der Waals surface area contributed by atoms with Crippen molar-refractivity contribution in [1.29, 1.82) is 0 Å². The molecule has 0 heterocycles. The van der Waals surface area contributed by atoms with E-state index in [-0.39, 0.29) is 5.97 Å². The summed E-state index contributed by atoms with van der Waals surface area (Å²) in [5.74, 6) is -0.200. The average molecular weight is 429 g/mol. The largest absolute Gasteiger partial charge is 0.465 e. The van der Waals surface area contributed by atoms with E-state index in [1.807, 2.05) is 0 Å². The molecule has 0 saturated carbocycles. The van der Waals surface area contributed by atoms with Crippen molar-refractivity contribution in [3.05, 3.63) is 0 Å². The van der Waals surface area contributed by atoms with E-state index in [1.165, 1.54) is 39.9 Å².